The Morgan fingerprint density at radius 3 is 2.96 bits per heavy atom. The highest BCUT2D eigenvalue weighted by molar-refractivity contribution is 5.76. The van der Waals surface area contributed by atoms with Crippen LogP contribution in [0.4, 0.5) is 0 Å². The van der Waals surface area contributed by atoms with Gasteiger partial charge in [-0.25, -0.2) is 14.6 Å². The molecule has 0 bridgehead atoms. The number of aryl methyl sites for hydroxylation is 3. The van der Waals surface area contributed by atoms with Crippen LogP contribution in [0.15, 0.2) is 35.4 Å². The summed E-state index contributed by atoms with van der Waals surface area (Å²) < 4.78 is 9.16. The minimum atomic E-state index is -0.00959. The van der Waals surface area contributed by atoms with Crippen molar-refractivity contribution in [2.45, 2.75) is 51.6 Å². The summed E-state index contributed by atoms with van der Waals surface area (Å²) >= 11 is 0. The second-order valence-corrected chi connectivity index (χ2v) is 7.03. The predicted octanol–water partition coefficient (Wildman–Crippen LogP) is 2.53. The molecule has 1 unspecified atom stereocenters. The lowest BCUT2D eigenvalue weighted by Crippen LogP contribution is -2.22. The van der Waals surface area contributed by atoms with Gasteiger partial charge >= 0.3 is 0 Å². The van der Waals surface area contributed by atoms with E-state index in [4.69, 9.17) is 14.8 Å². The largest absolute Gasteiger partial charge is 0.381 e. The third kappa shape index (κ3) is 3.78. The summed E-state index contributed by atoms with van der Waals surface area (Å²) in [4.78, 5) is 21.9. The second kappa shape index (κ2) is 8.00. The lowest BCUT2D eigenvalue weighted by molar-refractivity contribution is 0.193. The number of hydrogen-bond acceptors (Lipinski definition) is 5. The van der Waals surface area contributed by atoms with Crippen molar-refractivity contribution in [1.29, 1.82) is 0 Å². The van der Waals surface area contributed by atoms with E-state index in [1.807, 2.05) is 28.9 Å². The van der Waals surface area contributed by atoms with Crippen LogP contribution in [0.1, 0.15) is 43.8 Å². The summed E-state index contributed by atoms with van der Waals surface area (Å²) in [5.74, 6) is 2.10. The number of hydrogen-bond donors (Lipinski definition) is 0. The van der Waals surface area contributed by atoms with Crippen LogP contribution in [-0.4, -0.2) is 37.5 Å². The van der Waals surface area contributed by atoms with Crippen LogP contribution in [0.5, 0.6) is 0 Å². The van der Waals surface area contributed by atoms with Gasteiger partial charge in [0.25, 0.3) is 5.56 Å². The van der Waals surface area contributed by atoms with E-state index in [-0.39, 0.29) is 11.5 Å². The van der Waals surface area contributed by atoms with E-state index in [1.165, 1.54) is 0 Å². The van der Waals surface area contributed by atoms with Gasteiger partial charge in [-0.05, 0) is 25.0 Å². The average Bonchev–Trinajstić information content (AvgIpc) is 3.36. The predicted molar refractivity (Wildman–Crippen MR) is 103 cm³/mol. The van der Waals surface area contributed by atoms with Crippen LogP contribution >= 0.6 is 0 Å². The van der Waals surface area contributed by atoms with Crippen molar-refractivity contribution in [2.75, 3.05) is 13.2 Å². The van der Waals surface area contributed by atoms with Crippen LogP contribution in [0, 0.1) is 0 Å². The minimum absolute atomic E-state index is 0.00959. The Morgan fingerprint density at radius 2 is 2.15 bits per heavy atom. The number of ether oxygens (including phenoxy) is 1. The monoisotopic (exact) mass is 367 g/mol. The minimum Gasteiger partial charge on any atom is -0.381 e. The van der Waals surface area contributed by atoms with Gasteiger partial charge in [0, 0.05) is 32.0 Å². The molecule has 142 valence electrons. The molecule has 7 heteroatoms. The van der Waals surface area contributed by atoms with Gasteiger partial charge in [-0.15, -0.1) is 0 Å². The molecule has 0 amide bonds. The lowest BCUT2D eigenvalue weighted by atomic mass is 10.1. The second-order valence-electron chi connectivity index (χ2n) is 7.03. The molecule has 1 atom stereocenters. The van der Waals surface area contributed by atoms with Crippen molar-refractivity contribution in [1.82, 2.24) is 24.3 Å². The summed E-state index contributed by atoms with van der Waals surface area (Å²) in [6.07, 6.45) is 5.43. The molecule has 0 N–H and O–H groups in total. The summed E-state index contributed by atoms with van der Waals surface area (Å²) in [5.41, 5.74) is 0.720. The number of fused-ring (bicyclic) bond motifs is 1. The zero-order valence-electron chi connectivity index (χ0n) is 15.7. The fourth-order valence-corrected chi connectivity index (χ4v) is 3.46. The molecule has 27 heavy (non-hydrogen) atoms. The molecule has 1 fully saturated rings. The molecule has 1 aliphatic rings. The summed E-state index contributed by atoms with van der Waals surface area (Å²) in [6.45, 7) is 5.05. The van der Waals surface area contributed by atoms with E-state index in [9.17, 15) is 4.79 Å². The number of para-hydroxylation sites is 1. The Bertz CT molecular complexity index is 972. The van der Waals surface area contributed by atoms with Crippen molar-refractivity contribution >= 4 is 10.9 Å². The first-order valence-corrected chi connectivity index (χ1v) is 9.72. The molecule has 0 spiro atoms. The first kappa shape index (κ1) is 17.9. The average molecular weight is 367 g/mol. The molecule has 7 nitrogen and oxygen atoms in total. The first-order chi connectivity index (χ1) is 13.3. The Labute approximate surface area is 158 Å². The maximum absolute atomic E-state index is 12.7. The smallest absolute Gasteiger partial charge is 0.261 e. The van der Waals surface area contributed by atoms with E-state index in [0.29, 0.717) is 25.0 Å². The summed E-state index contributed by atoms with van der Waals surface area (Å²) in [7, 11) is 0. The Balaban J connectivity index is 1.56. The van der Waals surface area contributed by atoms with Crippen LogP contribution in [0.2, 0.25) is 0 Å². The Kier molecular flexibility index (Phi) is 5.29. The molecular formula is C20H25N5O2. The van der Waals surface area contributed by atoms with Gasteiger partial charge in [-0.3, -0.25) is 9.36 Å². The van der Waals surface area contributed by atoms with Crippen LogP contribution < -0.4 is 5.56 Å². The highest BCUT2D eigenvalue weighted by atomic mass is 16.5. The third-order valence-corrected chi connectivity index (χ3v) is 5.09. The van der Waals surface area contributed by atoms with Crippen LogP contribution in [-0.2, 0) is 24.2 Å². The SMILES string of the molecule is CCCCn1nc(C2CCOC2)nc1CCn1cnc2ccccc2c1=O. The number of rotatable bonds is 7. The van der Waals surface area contributed by atoms with Gasteiger partial charge in [0.15, 0.2) is 5.82 Å². The number of unbranched alkanes of at least 4 members (excludes halogenated alkanes) is 1. The molecule has 1 aromatic carbocycles. The number of aromatic nitrogens is 5. The van der Waals surface area contributed by atoms with E-state index in [2.05, 4.69) is 11.9 Å². The van der Waals surface area contributed by atoms with Gasteiger partial charge in [0.05, 0.1) is 23.8 Å². The van der Waals surface area contributed by atoms with Crippen molar-refractivity contribution < 1.29 is 4.74 Å². The lowest BCUT2D eigenvalue weighted by Gasteiger charge is -2.08. The Hall–Kier alpha value is -2.54. The van der Waals surface area contributed by atoms with E-state index < -0.39 is 0 Å². The quantitative estimate of drug-likeness (QED) is 0.641. The topological polar surface area (TPSA) is 74.8 Å². The highest BCUT2D eigenvalue weighted by Crippen LogP contribution is 2.23. The van der Waals surface area contributed by atoms with Crippen molar-refractivity contribution in [2.24, 2.45) is 0 Å². The van der Waals surface area contributed by atoms with Crippen molar-refractivity contribution in [3.05, 3.63) is 52.6 Å². The fourth-order valence-electron chi connectivity index (χ4n) is 3.46. The molecule has 4 rings (SSSR count). The van der Waals surface area contributed by atoms with Gasteiger partial charge in [0.1, 0.15) is 5.82 Å². The molecule has 0 radical (unpaired) electrons. The molecule has 0 aliphatic carbocycles. The fraction of sp³-hybridized carbons (Fsp3) is 0.500. The highest BCUT2D eigenvalue weighted by Gasteiger charge is 2.23. The van der Waals surface area contributed by atoms with Gasteiger partial charge in [-0.2, -0.15) is 5.10 Å². The first-order valence-electron chi connectivity index (χ1n) is 9.72. The molecule has 3 aromatic rings. The van der Waals surface area contributed by atoms with Crippen LogP contribution in [0.3, 0.4) is 0 Å². The Morgan fingerprint density at radius 1 is 1.26 bits per heavy atom. The maximum atomic E-state index is 12.7. The molecular weight excluding hydrogens is 342 g/mol. The number of benzene rings is 1. The van der Waals surface area contributed by atoms with Crippen molar-refractivity contribution in [3.63, 3.8) is 0 Å². The molecule has 2 aromatic heterocycles. The van der Waals surface area contributed by atoms with Gasteiger partial charge in [0.2, 0.25) is 0 Å². The van der Waals surface area contributed by atoms with Gasteiger partial charge < -0.3 is 4.74 Å². The van der Waals surface area contributed by atoms with Crippen molar-refractivity contribution in [3.8, 4) is 0 Å². The zero-order valence-corrected chi connectivity index (χ0v) is 15.7. The summed E-state index contributed by atoms with van der Waals surface area (Å²) in [5, 5.41) is 5.39. The van der Waals surface area contributed by atoms with E-state index in [0.717, 1.165) is 49.6 Å². The third-order valence-electron chi connectivity index (χ3n) is 5.09. The van der Waals surface area contributed by atoms with E-state index in [1.54, 1.807) is 10.9 Å². The molecule has 1 saturated heterocycles. The molecule has 3 heterocycles. The standard InChI is InChI=1S/C20H25N5O2/c1-2-3-10-25-18(22-19(23-25)15-9-12-27-13-15)8-11-24-14-21-17-7-5-4-6-16(17)20(24)26/h4-7,14-15H,2-3,8-13H2,1H3. The van der Waals surface area contributed by atoms with Crippen LogP contribution in [0.25, 0.3) is 10.9 Å². The van der Waals surface area contributed by atoms with Gasteiger partial charge in [-0.1, -0.05) is 25.5 Å². The molecule has 1 aliphatic heterocycles. The normalized spacial score (nSPS) is 17.0. The zero-order chi connectivity index (χ0) is 18.6. The molecule has 0 saturated carbocycles. The number of nitrogens with zero attached hydrogens (tertiary/aromatic N) is 5. The summed E-state index contributed by atoms with van der Waals surface area (Å²) in [6, 6.07) is 7.44. The van der Waals surface area contributed by atoms with E-state index >= 15 is 0 Å². The maximum Gasteiger partial charge on any atom is 0.261 e.